The molecule has 2 aliphatic rings. The summed E-state index contributed by atoms with van der Waals surface area (Å²) < 4.78 is 7.23. The molecule has 2 aliphatic heterocycles. The molecule has 128 valence electrons. The summed E-state index contributed by atoms with van der Waals surface area (Å²) in [7, 11) is 0. The zero-order valence-corrected chi connectivity index (χ0v) is 14.0. The predicted molar refractivity (Wildman–Crippen MR) is 90.1 cm³/mol. The molecule has 4 rings (SSSR count). The Hall–Kier alpha value is -2.15. The molecule has 1 atom stereocenters. The molecule has 24 heavy (non-hydrogen) atoms. The normalized spacial score (nSPS) is 22.1. The van der Waals surface area contributed by atoms with Crippen LogP contribution >= 0.6 is 0 Å². The quantitative estimate of drug-likeness (QED) is 0.826. The molecule has 4 heterocycles. The maximum atomic E-state index is 12.8. The number of amides is 1. The van der Waals surface area contributed by atoms with Crippen LogP contribution in [-0.4, -0.2) is 64.8 Å². The molecule has 0 aromatic carbocycles. The minimum Gasteiger partial charge on any atom is -0.378 e. The van der Waals surface area contributed by atoms with E-state index < -0.39 is 0 Å². The number of carbonyl (C=O) groups excluding carboxylic acids is 1. The number of fused-ring (bicyclic) bond motifs is 1. The van der Waals surface area contributed by atoms with E-state index in [0.29, 0.717) is 26.3 Å². The minimum absolute atomic E-state index is 0.0518. The summed E-state index contributed by atoms with van der Waals surface area (Å²) in [6, 6.07) is 3.97. The highest BCUT2D eigenvalue weighted by molar-refractivity contribution is 5.80. The molecule has 0 radical (unpaired) electrons. The van der Waals surface area contributed by atoms with Gasteiger partial charge >= 0.3 is 0 Å². The molecule has 1 unspecified atom stereocenters. The van der Waals surface area contributed by atoms with Crippen molar-refractivity contribution in [3.63, 3.8) is 0 Å². The van der Waals surface area contributed by atoms with Gasteiger partial charge in [-0.1, -0.05) is 0 Å². The van der Waals surface area contributed by atoms with Crippen molar-refractivity contribution in [2.45, 2.75) is 19.8 Å². The lowest BCUT2D eigenvalue weighted by Crippen LogP contribution is -2.48. The Bertz CT molecular complexity index is 738. The van der Waals surface area contributed by atoms with Crippen LogP contribution in [0.1, 0.15) is 18.5 Å². The average molecular weight is 329 g/mol. The first-order chi connectivity index (χ1) is 11.7. The Balaban J connectivity index is 1.55. The van der Waals surface area contributed by atoms with Crippen LogP contribution in [0.5, 0.6) is 0 Å². The molecule has 0 saturated carbocycles. The van der Waals surface area contributed by atoms with Crippen molar-refractivity contribution in [3.8, 4) is 0 Å². The summed E-state index contributed by atoms with van der Waals surface area (Å²) in [5.74, 6) is 1.35. The van der Waals surface area contributed by atoms with E-state index in [1.807, 2.05) is 22.4 Å². The zero-order valence-electron chi connectivity index (χ0n) is 14.0. The van der Waals surface area contributed by atoms with Gasteiger partial charge in [0.05, 0.1) is 25.3 Å². The lowest BCUT2D eigenvalue weighted by Gasteiger charge is -2.37. The van der Waals surface area contributed by atoms with Crippen molar-refractivity contribution >= 4 is 17.4 Å². The third kappa shape index (κ3) is 2.84. The summed E-state index contributed by atoms with van der Waals surface area (Å²) in [6.45, 7) is 6.43. The smallest absolute Gasteiger partial charge is 0.227 e. The molecule has 2 aromatic heterocycles. The summed E-state index contributed by atoms with van der Waals surface area (Å²) >= 11 is 0. The molecule has 2 fully saturated rings. The van der Waals surface area contributed by atoms with Gasteiger partial charge in [-0.15, -0.1) is 0 Å². The summed E-state index contributed by atoms with van der Waals surface area (Å²) in [5.41, 5.74) is 1.83. The van der Waals surface area contributed by atoms with Crippen LogP contribution in [0.3, 0.4) is 0 Å². The third-order valence-electron chi connectivity index (χ3n) is 4.89. The van der Waals surface area contributed by atoms with Gasteiger partial charge in [0.15, 0.2) is 5.65 Å². The Morgan fingerprint density at radius 1 is 1.29 bits per heavy atom. The largest absolute Gasteiger partial charge is 0.378 e. The molecule has 2 saturated heterocycles. The number of rotatable bonds is 2. The number of aromatic nitrogens is 3. The van der Waals surface area contributed by atoms with E-state index in [1.165, 1.54) is 0 Å². The van der Waals surface area contributed by atoms with Gasteiger partial charge in [-0.25, -0.2) is 4.98 Å². The highest BCUT2D eigenvalue weighted by atomic mass is 16.5. The average Bonchev–Trinajstić information content (AvgIpc) is 3.09. The van der Waals surface area contributed by atoms with E-state index in [-0.39, 0.29) is 11.8 Å². The summed E-state index contributed by atoms with van der Waals surface area (Å²) in [4.78, 5) is 21.6. The fraction of sp³-hybridized carbons (Fsp3) is 0.588. The topological polar surface area (TPSA) is 63.0 Å². The SMILES string of the molecule is Cc1cc(N2CCCC(C(=O)N3CCOCC3)C2)n2nccc2n1. The molecule has 0 aliphatic carbocycles. The molecule has 7 heteroatoms. The van der Waals surface area contributed by atoms with Crippen LogP contribution < -0.4 is 4.90 Å². The lowest BCUT2D eigenvalue weighted by molar-refractivity contribution is -0.139. The fourth-order valence-electron chi connectivity index (χ4n) is 3.67. The Morgan fingerprint density at radius 3 is 2.96 bits per heavy atom. The van der Waals surface area contributed by atoms with Crippen LogP contribution in [0.4, 0.5) is 5.82 Å². The fourth-order valence-corrected chi connectivity index (χ4v) is 3.67. The van der Waals surface area contributed by atoms with Crippen molar-refractivity contribution < 1.29 is 9.53 Å². The number of nitrogens with zero attached hydrogens (tertiary/aromatic N) is 5. The molecule has 1 amide bonds. The number of morpholine rings is 1. The number of hydrogen-bond acceptors (Lipinski definition) is 5. The van der Waals surface area contributed by atoms with Gasteiger partial charge in [0.2, 0.25) is 5.91 Å². The molecule has 0 N–H and O–H groups in total. The van der Waals surface area contributed by atoms with Crippen molar-refractivity contribution in [1.82, 2.24) is 19.5 Å². The molecular weight excluding hydrogens is 306 g/mol. The van der Waals surface area contributed by atoms with Gasteiger partial charge in [0.1, 0.15) is 5.82 Å². The number of hydrogen-bond donors (Lipinski definition) is 0. The van der Waals surface area contributed by atoms with E-state index in [2.05, 4.69) is 21.0 Å². The van der Waals surface area contributed by atoms with E-state index in [1.54, 1.807) is 6.20 Å². The second-order valence-corrected chi connectivity index (χ2v) is 6.58. The second kappa shape index (κ2) is 6.39. The third-order valence-corrected chi connectivity index (χ3v) is 4.89. The van der Waals surface area contributed by atoms with Gasteiger partial charge < -0.3 is 14.5 Å². The van der Waals surface area contributed by atoms with Gasteiger partial charge in [-0.05, 0) is 19.8 Å². The van der Waals surface area contributed by atoms with E-state index >= 15 is 0 Å². The van der Waals surface area contributed by atoms with Crippen LogP contribution in [-0.2, 0) is 9.53 Å². The van der Waals surface area contributed by atoms with Gasteiger partial charge in [-0.2, -0.15) is 9.61 Å². The number of aryl methyl sites for hydroxylation is 1. The molecule has 0 spiro atoms. The molecule has 7 nitrogen and oxygen atoms in total. The first-order valence-corrected chi connectivity index (χ1v) is 8.65. The van der Waals surface area contributed by atoms with Crippen LogP contribution in [0.25, 0.3) is 5.65 Å². The summed E-state index contributed by atoms with van der Waals surface area (Å²) in [5, 5.41) is 4.40. The minimum atomic E-state index is 0.0518. The maximum Gasteiger partial charge on any atom is 0.227 e. The Labute approximate surface area is 141 Å². The Kier molecular flexibility index (Phi) is 4.10. The highest BCUT2D eigenvalue weighted by Gasteiger charge is 2.31. The highest BCUT2D eigenvalue weighted by Crippen LogP contribution is 2.25. The van der Waals surface area contributed by atoms with Gasteiger partial charge in [0.25, 0.3) is 0 Å². The zero-order chi connectivity index (χ0) is 16.5. The van der Waals surface area contributed by atoms with Crippen molar-refractivity contribution in [2.75, 3.05) is 44.3 Å². The van der Waals surface area contributed by atoms with Crippen molar-refractivity contribution in [1.29, 1.82) is 0 Å². The number of ether oxygens (including phenoxy) is 1. The molecule has 0 bridgehead atoms. The van der Waals surface area contributed by atoms with Gasteiger partial charge in [0, 0.05) is 44.0 Å². The first-order valence-electron chi connectivity index (χ1n) is 8.65. The van der Waals surface area contributed by atoms with Crippen molar-refractivity contribution in [3.05, 3.63) is 24.0 Å². The van der Waals surface area contributed by atoms with E-state index in [4.69, 9.17) is 4.74 Å². The standard InChI is InChI=1S/C17H23N5O2/c1-13-11-16(22-15(19-13)4-5-18-22)21-6-2-3-14(12-21)17(23)20-7-9-24-10-8-20/h4-5,11,14H,2-3,6-10,12H2,1H3. The number of piperidine rings is 1. The predicted octanol–water partition coefficient (Wildman–Crippen LogP) is 1.11. The van der Waals surface area contributed by atoms with E-state index in [9.17, 15) is 4.79 Å². The van der Waals surface area contributed by atoms with Crippen LogP contribution in [0, 0.1) is 12.8 Å². The van der Waals surface area contributed by atoms with E-state index in [0.717, 1.165) is 43.1 Å². The number of carbonyl (C=O) groups is 1. The van der Waals surface area contributed by atoms with Crippen molar-refractivity contribution in [2.24, 2.45) is 5.92 Å². The molecule has 2 aromatic rings. The summed E-state index contributed by atoms with van der Waals surface area (Å²) in [6.07, 6.45) is 3.75. The monoisotopic (exact) mass is 329 g/mol. The molecular formula is C17H23N5O2. The lowest BCUT2D eigenvalue weighted by atomic mass is 9.96. The second-order valence-electron chi connectivity index (χ2n) is 6.58. The van der Waals surface area contributed by atoms with Gasteiger partial charge in [-0.3, -0.25) is 4.79 Å². The maximum absolute atomic E-state index is 12.8. The van der Waals surface area contributed by atoms with Crippen LogP contribution in [0.15, 0.2) is 18.3 Å². The Morgan fingerprint density at radius 2 is 2.12 bits per heavy atom. The first kappa shape index (κ1) is 15.4. The van der Waals surface area contributed by atoms with Crippen LogP contribution in [0.2, 0.25) is 0 Å². The number of anilines is 1.